The second-order valence-corrected chi connectivity index (χ2v) is 3.89. The van der Waals surface area contributed by atoms with Crippen LogP contribution in [0.4, 0.5) is 4.39 Å². The average Bonchev–Trinajstić information content (AvgIpc) is 2.96. The van der Waals surface area contributed by atoms with Gasteiger partial charge in [-0.1, -0.05) is 23.4 Å². The number of benzene rings is 1. The smallest absolute Gasteiger partial charge is 0.261 e. The highest BCUT2D eigenvalue weighted by atomic mass is 19.1. The first kappa shape index (κ1) is 13.8. The van der Waals surface area contributed by atoms with Gasteiger partial charge in [0.1, 0.15) is 11.6 Å². The summed E-state index contributed by atoms with van der Waals surface area (Å²) in [6, 6.07) is 9.61. The first-order valence-corrected chi connectivity index (χ1v) is 5.94. The Morgan fingerprint density at radius 1 is 1.35 bits per heavy atom. The molecule has 0 unspecified atom stereocenters. The molecule has 0 spiro atoms. The number of carbonyl (C=O) groups excluding carboxylic acids is 1. The van der Waals surface area contributed by atoms with Gasteiger partial charge >= 0.3 is 0 Å². The summed E-state index contributed by atoms with van der Waals surface area (Å²) >= 11 is 0. The number of rotatable bonds is 6. The van der Waals surface area contributed by atoms with E-state index < -0.39 is 5.82 Å². The summed E-state index contributed by atoms with van der Waals surface area (Å²) in [5.74, 6) is -0.0950. The SMILES string of the molecule is O=C(CO/N=C\c1ccccc1F)NCc1ccco1. The molecule has 2 aromatic rings. The van der Waals surface area contributed by atoms with Gasteiger partial charge < -0.3 is 14.6 Å². The van der Waals surface area contributed by atoms with Crippen molar-refractivity contribution in [1.82, 2.24) is 5.32 Å². The summed E-state index contributed by atoms with van der Waals surface area (Å²) in [6.07, 6.45) is 2.74. The Balaban J connectivity index is 1.70. The summed E-state index contributed by atoms with van der Waals surface area (Å²) in [5, 5.41) is 6.13. The second-order valence-electron chi connectivity index (χ2n) is 3.89. The van der Waals surface area contributed by atoms with Gasteiger partial charge in [-0.3, -0.25) is 4.79 Å². The van der Waals surface area contributed by atoms with Crippen molar-refractivity contribution in [2.24, 2.45) is 5.16 Å². The summed E-state index contributed by atoms with van der Waals surface area (Å²) in [4.78, 5) is 16.2. The minimum Gasteiger partial charge on any atom is -0.467 e. The molecule has 0 radical (unpaired) electrons. The van der Waals surface area contributed by atoms with E-state index in [1.165, 1.54) is 18.5 Å². The molecule has 20 heavy (non-hydrogen) atoms. The zero-order valence-electron chi connectivity index (χ0n) is 10.6. The largest absolute Gasteiger partial charge is 0.467 e. The third-order valence-corrected chi connectivity index (χ3v) is 2.41. The van der Waals surface area contributed by atoms with Gasteiger partial charge in [0.25, 0.3) is 5.91 Å². The molecule has 104 valence electrons. The van der Waals surface area contributed by atoms with Crippen molar-refractivity contribution in [2.45, 2.75) is 6.54 Å². The quantitative estimate of drug-likeness (QED) is 0.649. The number of furan rings is 1. The van der Waals surface area contributed by atoms with Crippen LogP contribution >= 0.6 is 0 Å². The maximum atomic E-state index is 13.2. The van der Waals surface area contributed by atoms with E-state index in [9.17, 15) is 9.18 Å². The molecular formula is C14H13FN2O3. The fourth-order valence-electron chi connectivity index (χ4n) is 1.42. The van der Waals surface area contributed by atoms with Gasteiger partial charge in [0.2, 0.25) is 0 Å². The van der Waals surface area contributed by atoms with Crippen molar-refractivity contribution in [2.75, 3.05) is 6.61 Å². The topological polar surface area (TPSA) is 63.8 Å². The number of amides is 1. The van der Waals surface area contributed by atoms with Crippen LogP contribution < -0.4 is 5.32 Å². The normalized spacial score (nSPS) is 10.7. The maximum absolute atomic E-state index is 13.2. The lowest BCUT2D eigenvalue weighted by Gasteiger charge is -2.01. The van der Waals surface area contributed by atoms with Crippen LogP contribution in [0.3, 0.4) is 0 Å². The van der Waals surface area contributed by atoms with E-state index in [-0.39, 0.29) is 19.1 Å². The van der Waals surface area contributed by atoms with E-state index in [0.29, 0.717) is 11.3 Å². The molecule has 0 saturated carbocycles. The minimum absolute atomic E-state index is 0.244. The number of nitrogens with one attached hydrogen (secondary N) is 1. The van der Waals surface area contributed by atoms with Crippen LogP contribution in [0.2, 0.25) is 0 Å². The van der Waals surface area contributed by atoms with Gasteiger partial charge in [-0.2, -0.15) is 0 Å². The molecule has 0 atom stereocenters. The van der Waals surface area contributed by atoms with Gasteiger partial charge in [0, 0.05) is 5.56 Å². The number of oxime groups is 1. The van der Waals surface area contributed by atoms with E-state index >= 15 is 0 Å². The molecule has 1 heterocycles. The van der Waals surface area contributed by atoms with Crippen LogP contribution in [-0.2, 0) is 16.2 Å². The average molecular weight is 276 g/mol. The molecule has 1 aromatic heterocycles. The number of hydrogen-bond donors (Lipinski definition) is 1. The molecule has 0 aliphatic heterocycles. The highest BCUT2D eigenvalue weighted by Crippen LogP contribution is 2.03. The van der Waals surface area contributed by atoms with E-state index in [1.54, 1.807) is 30.3 Å². The van der Waals surface area contributed by atoms with Crippen molar-refractivity contribution in [3.8, 4) is 0 Å². The molecular weight excluding hydrogens is 263 g/mol. The third-order valence-electron chi connectivity index (χ3n) is 2.41. The molecule has 2 rings (SSSR count). The first-order valence-electron chi connectivity index (χ1n) is 5.94. The zero-order valence-corrected chi connectivity index (χ0v) is 10.6. The van der Waals surface area contributed by atoms with Crippen LogP contribution in [0.5, 0.6) is 0 Å². The third kappa shape index (κ3) is 4.24. The first-order chi connectivity index (χ1) is 9.75. The van der Waals surface area contributed by atoms with Gasteiger partial charge in [0.05, 0.1) is 19.0 Å². The fraction of sp³-hybridized carbons (Fsp3) is 0.143. The number of hydrogen-bond acceptors (Lipinski definition) is 4. The van der Waals surface area contributed by atoms with Gasteiger partial charge in [-0.05, 0) is 18.2 Å². The maximum Gasteiger partial charge on any atom is 0.261 e. The molecule has 0 fully saturated rings. The minimum atomic E-state index is -0.401. The Morgan fingerprint density at radius 3 is 2.95 bits per heavy atom. The Labute approximate surface area is 115 Å². The lowest BCUT2D eigenvalue weighted by atomic mass is 10.2. The Hall–Kier alpha value is -2.63. The predicted octanol–water partition coefficient (Wildman–Crippen LogP) is 2.09. The summed E-state index contributed by atoms with van der Waals surface area (Å²) < 4.78 is 18.3. The molecule has 6 heteroatoms. The van der Waals surface area contributed by atoms with Crippen LogP contribution in [0, 0.1) is 5.82 Å². The van der Waals surface area contributed by atoms with Crippen molar-refractivity contribution < 1.29 is 18.4 Å². The van der Waals surface area contributed by atoms with Crippen molar-refractivity contribution in [3.63, 3.8) is 0 Å². The fourth-order valence-corrected chi connectivity index (χ4v) is 1.42. The van der Waals surface area contributed by atoms with E-state index in [2.05, 4.69) is 10.5 Å². The van der Waals surface area contributed by atoms with Crippen molar-refractivity contribution in [1.29, 1.82) is 0 Å². The molecule has 1 N–H and O–H groups in total. The number of nitrogens with zero attached hydrogens (tertiary/aromatic N) is 1. The Bertz CT molecular complexity index is 582. The lowest BCUT2D eigenvalue weighted by molar-refractivity contribution is -0.125. The molecule has 0 aliphatic rings. The number of carbonyl (C=O) groups is 1. The van der Waals surface area contributed by atoms with Gasteiger partial charge in [-0.25, -0.2) is 4.39 Å². The number of halogens is 1. The van der Waals surface area contributed by atoms with Gasteiger partial charge in [0.15, 0.2) is 6.61 Å². The standard InChI is InChI=1S/C14H13FN2O3/c15-13-6-2-1-4-11(13)8-17-20-10-14(18)16-9-12-5-3-7-19-12/h1-8H,9-10H2,(H,16,18)/b17-8-. The van der Waals surface area contributed by atoms with Crippen LogP contribution in [0.1, 0.15) is 11.3 Å². The molecule has 0 saturated heterocycles. The van der Waals surface area contributed by atoms with E-state index in [0.717, 1.165) is 0 Å². The summed E-state index contributed by atoms with van der Waals surface area (Å²) in [7, 11) is 0. The van der Waals surface area contributed by atoms with E-state index in [1.807, 2.05) is 0 Å². The zero-order chi connectivity index (χ0) is 14.2. The van der Waals surface area contributed by atoms with E-state index in [4.69, 9.17) is 9.25 Å². The van der Waals surface area contributed by atoms with Crippen molar-refractivity contribution in [3.05, 3.63) is 59.8 Å². The summed E-state index contributed by atoms with van der Waals surface area (Å²) in [6.45, 7) is 0.0396. The van der Waals surface area contributed by atoms with Crippen LogP contribution in [0.25, 0.3) is 0 Å². The molecule has 1 amide bonds. The van der Waals surface area contributed by atoms with Crippen LogP contribution in [0.15, 0.2) is 52.2 Å². The molecule has 1 aromatic carbocycles. The lowest BCUT2D eigenvalue weighted by Crippen LogP contribution is -2.26. The highest BCUT2D eigenvalue weighted by Gasteiger charge is 2.02. The molecule has 0 aliphatic carbocycles. The Morgan fingerprint density at radius 2 is 2.20 bits per heavy atom. The molecule has 5 nitrogen and oxygen atoms in total. The monoisotopic (exact) mass is 276 g/mol. The Kier molecular flexibility index (Phi) is 4.88. The summed E-state index contributed by atoms with van der Waals surface area (Å²) in [5.41, 5.74) is 0.295. The highest BCUT2D eigenvalue weighted by molar-refractivity contribution is 5.80. The predicted molar refractivity (Wildman–Crippen MR) is 70.5 cm³/mol. The van der Waals surface area contributed by atoms with Gasteiger partial charge in [-0.15, -0.1) is 0 Å². The molecule has 0 bridgehead atoms. The van der Waals surface area contributed by atoms with Crippen molar-refractivity contribution >= 4 is 12.1 Å². The second kappa shape index (κ2) is 7.08. The van der Waals surface area contributed by atoms with Crippen LogP contribution in [-0.4, -0.2) is 18.7 Å².